The molecule has 0 spiro atoms. The van der Waals surface area contributed by atoms with Crippen molar-refractivity contribution in [1.82, 2.24) is 10.6 Å². The van der Waals surface area contributed by atoms with Crippen LogP contribution in [0.2, 0.25) is 0 Å². The van der Waals surface area contributed by atoms with Crippen LogP contribution in [-0.2, 0) is 23.7 Å². The zero-order valence-corrected chi connectivity index (χ0v) is 24.6. The largest absolute Gasteiger partial charge is 0.479 e. The number of nitrogens with one attached hydrogen (secondary N) is 2. The number of hydrogen-bond donors (Lipinski definition) is 7. The van der Waals surface area contributed by atoms with Crippen LogP contribution in [0.1, 0.15) is 66.2 Å². The fourth-order valence-corrected chi connectivity index (χ4v) is 5.21. The minimum atomic E-state index is -1.74. The van der Waals surface area contributed by atoms with E-state index >= 15 is 0 Å². The molecular weight excluding hydrogens is 540 g/mol. The molecule has 2 fully saturated rings. The number of carboxylic acids is 1. The van der Waals surface area contributed by atoms with E-state index < -0.39 is 79.8 Å². The number of aliphatic carboxylic acids is 1. The second-order valence-electron chi connectivity index (χ2n) is 10.8. The van der Waals surface area contributed by atoms with E-state index in [2.05, 4.69) is 17.6 Å². The summed E-state index contributed by atoms with van der Waals surface area (Å²) in [6.07, 6.45) is -3.49. The lowest BCUT2D eigenvalue weighted by molar-refractivity contribution is -0.329. The van der Waals surface area contributed by atoms with Crippen molar-refractivity contribution in [3.8, 4) is 0 Å². The molecule has 2 saturated heterocycles. The Bertz CT molecular complexity index is 816. The molecule has 2 heterocycles. The Kier molecular flexibility index (Phi) is 15.5. The summed E-state index contributed by atoms with van der Waals surface area (Å²) in [5, 5.41) is 57.7. The molecule has 238 valence electrons. The lowest BCUT2D eigenvalue weighted by atomic mass is 9.92. The minimum absolute atomic E-state index is 0.0170. The molecular formula is C28H50N2O11. The van der Waals surface area contributed by atoms with E-state index in [1.54, 1.807) is 6.92 Å². The van der Waals surface area contributed by atoms with Crippen molar-refractivity contribution in [3.63, 3.8) is 0 Å². The van der Waals surface area contributed by atoms with Gasteiger partial charge in [0.1, 0.15) is 36.6 Å². The molecule has 41 heavy (non-hydrogen) atoms. The van der Waals surface area contributed by atoms with Crippen molar-refractivity contribution in [3.05, 3.63) is 12.2 Å². The summed E-state index contributed by atoms with van der Waals surface area (Å²) in [6, 6.07) is -1.50. The Hall–Kier alpha value is -1.84. The second-order valence-corrected chi connectivity index (χ2v) is 10.8. The number of unbranched alkanes of at least 4 members (excludes halogenated alkanes) is 3. The summed E-state index contributed by atoms with van der Waals surface area (Å²) in [5.74, 6) is -1.45. The maximum Gasteiger partial charge on any atom is 0.335 e. The van der Waals surface area contributed by atoms with Crippen LogP contribution in [0.25, 0.3) is 0 Å². The molecule has 0 radical (unpaired) electrons. The van der Waals surface area contributed by atoms with Crippen LogP contribution in [-0.4, -0.2) is 118 Å². The van der Waals surface area contributed by atoms with Crippen LogP contribution in [0, 0.1) is 5.92 Å². The number of carboxylic acid groups (broad SMARTS) is 1. The zero-order chi connectivity index (χ0) is 30.5. The summed E-state index contributed by atoms with van der Waals surface area (Å²) < 4.78 is 22.9. The molecule has 0 saturated carbocycles. The van der Waals surface area contributed by atoms with E-state index in [0.29, 0.717) is 6.54 Å². The smallest absolute Gasteiger partial charge is 0.335 e. The molecule has 0 bridgehead atoms. The predicted octanol–water partition coefficient (Wildman–Crippen LogP) is 0.669. The predicted molar refractivity (Wildman–Crippen MR) is 148 cm³/mol. The standard InChI is InChI=1S/C28H50N2O11/c1-5-8-9-10-13-29-28(37)30-19-16(4)39-18(14-31)20(32)23(19)40-27-22(34)21(33)24(25(41-27)26(35)36)38-15-17(11-6-2)12-7-3/h6,11,16-25,27,31-34H,5,7-10,12-15H2,1-4H3,(H,35,36)(H2,29,30,37)/b11-6-/t16?,17?,18?,19?,20-,21?,22?,23?,24+,25?,27-/m1/s1. The number of hydrogen-bond acceptors (Lipinski definition) is 10. The topological polar surface area (TPSA) is 196 Å². The zero-order valence-electron chi connectivity index (χ0n) is 24.6. The maximum absolute atomic E-state index is 12.6. The number of amides is 2. The number of aliphatic hydroxyl groups is 4. The molecule has 0 aromatic rings. The lowest BCUT2D eigenvalue weighted by Crippen LogP contribution is -2.68. The third-order valence-electron chi connectivity index (χ3n) is 7.47. The van der Waals surface area contributed by atoms with Crippen molar-refractivity contribution in [2.75, 3.05) is 19.8 Å². The number of ether oxygens (including phenoxy) is 4. The van der Waals surface area contributed by atoms with Gasteiger partial charge in [-0.1, -0.05) is 51.7 Å². The maximum atomic E-state index is 12.6. The van der Waals surface area contributed by atoms with Crippen molar-refractivity contribution in [2.24, 2.45) is 5.92 Å². The van der Waals surface area contributed by atoms with Gasteiger partial charge in [0.2, 0.25) is 0 Å². The highest BCUT2D eigenvalue weighted by molar-refractivity contribution is 5.74. The fraction of sp³-hybridized carbons (Fsp3) is 0.857. The minimum Gasteiger partial charge on any atom is -0.479 e. The molecule has 2 aliphatic heterocycles. The van der Waals surface area contributed by atoms with Gasteiger partial charge in [0.15, 0.2) is 12.4 Å². The summed E-state index contributed by atoms with van der Waals surface area (Å²) in [5.41, 5.74) is 0. The first-order valence-electron chi connectivity index (χ1n) is 14.7. The van der Waals surface area contributed by atoms with E-state index in [0.717, 1.165) is 38.5 Å². The lowest BCUT2D eigenvalue weighted by Gasteiger charge is -2.47. The summed E-state index contributed by atoms with van der Waals surface area (Å²) in [7, 11) is 0. The third kappa shape index (κ3) is 10.1. The summed E-state index contributed by atoms with van der Waals surface area (Å²) >= 11 is 0. The summed E-state index contributed by atoms with van der Waals surface area (Å²) in [4.78, 5) is 24.7. The monoisotopic (exact) mass is 590 g/mol. The van der Waals surface area contributed by atoms with Crippen LogP contribution < -0.4 is 10.6 Å². The van der Waals surface area contributed by atoms with Gasteiger partial charge in [0.25, 0.3) is 0 Å². The Morgan fingerprint density at radius 1 is 1.00 bits per heavy atom. The van der Waals surface area contributed by atoms with E-state index in [-0.39, 0.29) is 12.5 Å². The Morgan fingerprint density at radius 3 is 2.34 bits per heavy atom. The SMILES string of the molecule is C/C=C\C(CCC)CO[C@@H]1C(C(=O)O)O[C@@H](OC2C(NC(=O)NCCCCCC)C(C)OC(CO)[C@H]2O)C(O)C1O. The van der Waals surface area contributed by atoms with Crippen molar-refractivity contribution in [2.45, 2.75) is 127 Å². The first-order valence-corrected chi connectivity index (χ1v) is 14.7. The molecule has 13 heteroatoms. The molecule has 8 unspecified atom stereocenters. The van der Waals surface area contributed by atoms with Gasteiger partial charge in [-0.3, -0.25) is 0 Å². The van der Waals surface area contributed by atoms with Gasteiger partial charge < -0.3 is 55.1 Å². The second kappa shape index (κ2) is 18.0. The van der Waals surface area contributed by atoms with Crippen LogP contribution in [0.4, 0.5) is 4.79 Å². The number of urea groups is 1. The van der Waals surface area contributed by atoms with E-state index in [1.165, 1.54) is 0 Å². The number of aliphatic hydroxyl groups excluding tert-OH is 4. The number of rotatable bonds is 16. The quantitative estimate of drug-likeness (QED) is 0.0986. The number of carbonyl (C=O) groups excluding carboxylic acids is 1. The highest BCUT2D eigenvalue weighted by Crippen LogP contribution is 2.30. The molecule has 0 aromatic carbocycles. The van der Waals surface area contributed by atoms with Crippen LogP contribution in [0.15, 0.2) is 12.2 Å². The third-order valence-corrected chi connectivity index (χ3v) is 7.47. The van der Waals surface area contributed by atoms with Gasteiger partial charge in [-0.2, -0.15) is 0 Å². The number of carbonyl (C=O) groups is 2. The average Bonchev–Trinajstić information content (AvgIpc) is 2.93. The van der Waals surface area contributed by atoms with E-state index in [4.69, 9.17) is 18.9 Å². The summed E-state index contributed by atoms with van der Waals surface area (Å²) in [6.45, 7) is 7.56. The van der Waals surface area contributed by atoms with Crippen LogP contribution >= 0.6 is 0 Å². The molecule has 0 aromatic heterocycles. The van der Waals surface area contributed by atoms with Crippen LogP contribution in [0.3, 0.4) is 0 Å². The average molecular weight is 591 g/mol. The van der Waals surface area contributed by atoms with Gasteiger partial charge in [0.05, 0.1) is 25.4 Å². The molecule has 13 nitrogen and oxygen atoms in total. The Balaban J connectivity index is 2.17. The van der Waals surface area contributed by atoms with Gasteiger partial charge in [-0.15, -0.1) is 0 Å². The first kappa shape index (κ1) is 35.4. The van der Waals surface area contributed by atoms with Crippen LogP contribution in [0.5, 0.6) is 0 Å². The van der Waals surface area contributed by atoms with Crippen molar-refractivity contribution >= 4 is 12.0 Å². The van der Waals surface area contributed by atoms with E-state index in [1.807, 2.05) is 26.0 Å². The molecule has 7 N–H and O–H groups in total. The highest BCUT2D eigenvalue weighted by atomic mass is 16.7. The van der Waals surface area contributed by atoms with Gasteiger partial charge in [-0.05, 0) is 26.7 Å². The highest BCUT2D eigenvalue weighted by Gasteiger charge is 2.52. The van der Waals surface area contributed by atoms with Gasteiger partial charge in [-0.25, -0.2) is 9.59 Å². The molecule has 0 aliphatic carbocycles. The Labute approximate surface area is 242 Å². The fourth-order valence-electron chi connectivity index (χ4n) is 5.21. The van der Waals surface area contributed by atoms with Gasteiger partial charge >= 0.3 is 12.0 Å². The molecule has 2 rings (SSSR count). The number of allylic oxidation sites excluding steroid dienone is 1. The molecule has 2 amide bonds. The normalized spacial score (nSPS) is 34.8. The van der Waals surface area contributed by atoms with Crippen molar-refractivity contribution < 1.29 is 54.1 Å². The van der Waals surface area contributed by atoms with E-state index in [9.17, 15) is 35.1 Å². The molecule has 2 aliphatic rings. The first-order chi connectivity index (χ1) is 19.6. The Morgan fingerprint density at radius 2 is 1.73 bits per heavy atom. The van der Waals surface area contributed by atoms with Crippen molar-refractivity contribution in [1.29, 1.82) is 0 Å². The van der Waals surface area contributed by atoms with Gasteiger partial charge in [0, 0.05) is 12.5 Å². The molecule has 11 atom stereocenters.